The maximum absolute atomic E-state index is 11.5. The van der Waals surface area contributed by atoms with Gasteiger partial charge in [0.1, 0.15) is 0 Å². The second-order valence-corrected chi connectivity index (χ2v) is 3.79. The summed E-state index contributed by atoms with van der Waals surface area (Å²) in [6.45, 7) is 0. The lowest BCUT2D eigenvalue weighted by Crippen LogP contribution is -2.16. The Hall–Kier alpha value is -2.89. The second kappa shape index (κ2) is 6.33. The van der Waals surface area contributed by atoms with E-state index >= 15 is 0 Å². The van der Waals surface area contributed by atoms with Gasteiger partial charge in [0, 0.05) is 0 Å². The van der Waals surface area contributed by atoms with Crippen molar-refractivity contribution in [2.45, 2.75) is 0 Å². The number of rotatable bonds is 4. The lowest BCUT2D eigenvalue weighted by Gasteiger charge is -1.99. The Kier molecular flexibility index (Phi) is 4.28. The first-order valence-corrected chi connectivity index (χ1v) is 5.76. The predicted octanol–water partition coefficient (Wildman–Crippen LogP) is 1.83. The molecule has 1 aromatic heterocycles. The molecule has 0 radical (unpaired) electrons. The van der Waals surface area contributed by atoms with Gasteiger partial charge in [0.05, 0.1) is 25.2 Å². The Morgan fingerprint density at radius 2 is 2.00 bits per heavy atom. The fourth-order valence-corrected chi connectivity index (χ4v) is 1.45. The summed E-state index contributed by atoms with van der Waals surface area (Å²) in [6, 6.07) is 9.76. The van der Waals surface area contributed by atoms with Crippen LogP contribution in [0.3, 0.4) is 0 Å². The van der Waals surface area contributed by atoms with Crippen LogP contribution in [-0.2, 0) is 4.74 Å². The first kappa shape index (κ1) is 13.5. The van der Waals surface area contributed by atoms with Crippen LogP contribution in [0.25, 0.3) is 0 Å². The van der Waals surface area contributed by atoms with Crippen molar-refractivity contribution in [3.8, 4) is 0 Å². The van der Waals surface area contributed by atoms with Gasteiger partial charge in [0.25, 0.3) is 0 Å². The summed E-state index contributed by atoms with van der Waals surface area (Å²) < 4.78 is 9.51. The van der Waals surface area contributed by atoms with Crippen molar-refractivity contribution in [1.82, 2.24) is 5.43 Å². The highest BCUT2D eigenvalue weighted by atomic mass is 16.5. The molecule has 6 heteroatoms. The minimum Gasteiger partial charge on any atom is -0.465 e. The normalized spacial score (nSPS) is 10.4. The molecule has 0 atom stereocenters. The van der Waals surface area contributed by atoms with E-state index in [0.717, 1.165) is 5.56 Å². The molecule has 0 aliphatic carbocycles. The summed E-state index contributed by atoms with van der Waals surface area (Å²) in [5, 5.41) is 3.79. The molecule has 0 aliphatic rings. The molecule has 0 bridgehead atoms. The smallest absolute Gasteiger partial charge is 0.337 e. The summed E-state index contributed by atoms with van der Waals surface area (Å²) in [7, 11) is 1.32. The van der Waals surface area contributed by atoms with E-state index in [4.69, 9.17) is 4.42 Å². The average Bonchev–Trinajstić information content (AvgIpc) is 3.01. The van der Waals surface area contributed by atoms with E-state index in [1.807, 2.05) is 0 Å². The number of esters is 1. The first-order valence-electron chi connectivity index (χ1n) is 5.76. The third-order valence-electron chi connectivity index (χ3n) is 2.46. The standard InChI is InChI=1S/C14H12N2O4/c1-19-14(18)11-6-4-10(5-7-11)9-15-16-13(17)12-3-2-8-20-12/h2-9H,1H3,(H,16,17)/b15-9-. The van der Waals surface area contributed by atoms with E-state index in [1.165, 1.54) is 25.7 Å². The molecular formula is C14H12N2O4. The zero-order valence-corrected chi connectivity index (χ0v) is 10.7. The van der Waals surface area contributed by atoms with Crippen molar-refractivity contribution in [3.05, 3.63) is 59.5 Å². The zero-order valence-electron chi connectivity index (χ0n) is 10.7. The molecule has 0 aliphatic heterocycles. The van der Waals surface area contributed by atoms with Crippen molar-refractivity contribution < 1.29 is 18.7 Å². The largest absolute Gasteiger partial charge is 0.465 e. The average molecular weight is 272 g/mol. The van der Waals surface area contributed by atoms with Gasteiger partial charge in [-0.3, -0.25) is 4.79 Å². The zero-order chi connectivity index (χ0) is 14.4. The summed E-state index contributed by atoms with van der Waals surface area (Å²) >= 11 is 0. The highest BCUT2D eigenvalue weighted by Crippen LogP contribution is 2.04. The van der Waals surface area contributed by atoms with Gasteiger partial charge in [-0.15, -0.1) is 0 Å². The molecule has 0 spiro atoms. The van der Waals surface area contributed by atoms with Gasteiger partial charge in [-0.2, -0.15) is 5.10 Å². The van der Waals surface area contributed by atoms with Crippen LogP contribution >= 0.6 is 0 Å². The molecule has 1 amide bonds. The third-order valence-corrected chi connectivity index (χ3v) is 2.46. The number of nitrogens with zero attached hydrogens (tertiary/aromatic N) is 1. The Labute approximate surface area is 115 Å². The molecule has 1 N–H and O–H groups in total. The minimum atomic E-state index is -0.433. The van der Waals surface area contributed by atoms with Crippen LogP contribution in [0, 0.1) is 0 Å². The fourth-order valence-electron chi connectivity index (χ4n) is 1.45. The number of carbonyl (C=O) groups is 2. The third kappa shape index (κ3) is 3.32. The molecule has 6 nitrogen and oxygen atoms in total. The van der Waals surface area contributed by atoms with E-state index < -0.39 is 11.9 Å². The van der Waals surface area contributed by atoms with Crippen molar-refractivity contribution in [3.63, 3.8) is 0 Å². The van der Waals surface area contributed by atoms with Gasteiger partial charge in [0.15, 0.2) is 5.76 Å². The topological polar surface area (TPSA) is 80.9 Å². The molecule has 1 heterocycles. The van der Waals surface area contributed by atoms with E-state index in [1.54, 1.807) is 30.3 Å². The van der Waals surface area contributed by atoms with Crippen molar-refractivity contribution in [1.29, 1.82) is 0 Å². The van der Waals surface area contributed by atoms with Gasteiger partial charge < -0.3 is 9.15 Å². The summed E-state index contributed by atoms with van der Waals surface area (Å²) in [5.41, 5.74) is 3.51. The number of hydrogen-bond donors (Lipinski definition) is 1. The van der Waals surface area contributed by atoms with Crippen LogP contribution in [0.1, 0.15) is 26.5 Å². The van der Waals surface area contributed by atoms with Crippen LogP contribution in [0.4, 0.5) is 0 Å². The van der Waals surface area contributed by atoms with Crippen LogP contribution in [-0.4, -0.2) is 25.2 Å². The SMILES string of the molecule is COC(=O)c1ccc(/C=N\NC(=O)c2ccco2)cc1. The number of ether oxygens (including phenoxy) is 1. The van der Waals surface area contributed by atoms with E-state index in [-0.39, 0.29) is 5.76 Å². The van der Waals surface area contributed by atoms with Gasteiger partial charge in [-0.1, -0.05) is 12.1 Å². The van der Waals surface area contributed by atoms with Crippen LogP contribution < -0.4 is 5.43 Å². The summed E-state index contributed by atoms with van der Waals surface area (Å²) in [4.78, 5) is 22.7. The van der Waals surface area contributed by atoms with Crippen molar-refractivity contribution in [2.24, 2.45) is 5.10 Å². The van der Waals surface area contributed by atoms with Crippen molar-refractivity contribution >= 4 is 18.1 Å². The number of hydrazone groups is 1. The highest BCUT2D eigenvalue weighted by molar-refractivity contribution is 5.93. The Balaban J connectivity index is 1.95. The van der Waals surface area contributed by atoms with E-state index in [2.05, 4.69) is 15.3 Å². The predicted molar refractivity (Wildman–Crippen MR) is 71.5 cm³/mol. The number of carbonyl (C=O) groups excluding carboxylic acids is 2. The van der Waals surface area contributed by atoms with Gasteiger partial charge >= 0.3 is 11.9 Å². The van der Waals surface area contributed by atoms with Crippen LogP contribution in [0.2, 0.25) is 0 Å². The molecule has 20 heavy (non-hydrogen) atoms. The molecule has 0 saturated carbocycles. The molecule has 0 unspecified atom stereocenters. The van der Waals surface area contributed by atoms with Gasteiger partial charge in [-0.05, 0) is 29.8 Å². The van der Waals surface area contributed by atoms with Crippen molar-refractivity contribution in [2.75, 3.05) is 7.11 Å². The Bertz CT molecular complexity index is 615. The quantitative estimate of drug-likeness (QED) is 0.523. The monoisotopic (exact) mass is 272 g/mol. The lowest BCUT2D eigenvalue weighted by atomic mass is 10.1. The van der Waals surface area contributed by atoms with Crippen LogP contribution in [0.15, 0.2) is 52.2 Å². The van der Waals surface area contributed by atoms with Gasteiger partial charge in [0.2, 0.25) is 0 Å². The van der Waals surface area contributed by atoms with Gasteiger partial charge in [-0.25, -0.2) is 10.2 Å². The number of nitrogens with one attached hydrogen (secondary N) is 1. The first-order chi connectivity index (χ1) is 9.70. The lowest BCUT2D eigenvalue weighted by molar-refractivity contribution is 0.0600. The molecule has 2 rings (SSSR count). The van der Waals surface area contributed by atoms with E-state index in [0.29, 0.717) is 5.56 Å². The summed E-state index contributed by atoms with van der Waals surface area (Å²) in [5.74, 6) is -0.653. The fraction of sp³-hybridized carbons (Fsp3) is 0.0714. The molecule has 0 saturated heterocycles. The molecule has 2 aromatic rings. The number of methoxy groups -OCH3 is 1. The Morgan fingerprint density at radius 1 is 1.25 bits per heavy atom. The molecule has 102 valence electrons. The number of benzene rings is 1. The van der Waals surface area contributed by atoms with E-state index in [9.17, 15) is 9.59 Å². The number of amides is 1. The maximum atomic E-state index is 11.5. The Morgan fingerprint density at radius 3 is 2.60 bits per heavy atom. The maximum Gasteiger partial charge on any atom is 0.337 e. The number of hydrogen-bond acceptors (Lipinski definition) is 5. The number of furan rings is 1. The second-order valence-electron chi connectivity index (χ2n) is 3.79. The molecule has 1 aromatic carbocycles. The van der Waals surface area contributed by atoms with Crippen LogP contribution in [0.5, 0.6) is 0 Å². The minimum absolute atomic E-state index is 0.184. The summed E-state index contributed by atoms with van der Waals surface area (Å²) in [6.07, 6.45) is 2.87. The highest BCUT2D eigenvalue weighted by Gasteiger charge is 2.06. The molecular weight excluding hydrogens is 260 g/mol. The molecule has 0 fully saturated rings.